The molecule has 184 valence electrons. The lowest BCUT2D eigenvalue weighted by atomic mass is 9.81. The molecule has 1 saturated heterocycles. The Morgan fingerprint density at radius 3 is 2.51 bits per heavy atom. The summed E-state index contributed by atoms with van der Waals surface area (Å²) in [5, 5.41) is 21.3. The summed E-state index contributed by atoms with van der Waals surface area (Å²) in [5.74, 6) is -3.48. The van der Waals surface area contributed by atoms with E-state index < -0.39 is 58.4 Å². The molecule has 1 aliphatic rings. The van der Waals surface area contributed by atoms with Crippen molar-refractivity contribution in [3.05, 3.63) is 83.1 Å². The van der Waals surface area contributed by atoms with Crippen LogP contribution < -0.4 is 0 Å². The molecule has 4 atom stereocenters. The zero-order chi connectivity index (χ0) is 25.3. The lowest BCUT2D eigenvalue weighted by Gasteiger charge is -2.45. The molecule has 1 fully saturated rings. The molecule has 2 N–H and O–H groups in total. The number of hydrogen-bond donors (Lipinski definition) is 2. The van der Waals surface area contributed by atoms with Gasteiger partial charge in [-0.1, -0.05) is 13.0 Å². The third-order valence-electron chi connectivity index (χ3n) is 6.62. The number of ether oxygens (including phenoxy) is 1. The number of rotatable bonds is 6. The number of carbonyl (C=O) groups excluding carboxylic acids is 1. The Hall–Kier alpha value is -3.14. The van der Waals surface area contributed by atoms with Crippen LogP contribution in [0.5, 0.6) is 0 Å². The molecule has 3 heterocycles. The van der Waals surface area contributed by atoms with Crippen LogP contribution in [0.15, 0.2) is 48.8 Å². The first-order valence-corrected chi connectivity index (χ1v) is 11.3. The summed E-state index contributed by atoms with van der Waals surface area (Å²) < 4.78 is 48.8. The van der Waals surface area contributed by atoms with Crippen molar-refractivity contribution in [1.29, 1.82) is 0 Å². The van der Waals surface area contributed by atoms with E-state index in [9.17, 15) is 28.2 Å². The van der Waals surface area contributed by atoms with Crippen LogP contribution in [0.25, 0.3) is 11.3 Å². The van der Waals surface area contributed by atoms with E-state index in [4.69, 9.17) is 4.74 Å². The highest BCUT2D eigenvalue weighted by Crippen LogP contribution is 2.39. The second-order valence-electron chi connectivity index (χ2n) is 8.66. The van der Waals surface area contributed by atoms with Crippen LogP contribution in [0.4, 0.5) is 13.2 Å². The minimum Gasteiger partial charge on any atom is -0.390 e. The standard InChI is InChI=1S/C26H25F3N2O4/c1-3-26(34)14(2)35-22(12-23(26)33)16-9-10-30-13-15(16)11-21(32)20-8-7-19(29)25(31-20)24-17(27)5-4-6-18(24)28/h4-10,13-14,22-23,33-34H,3,11-12H2,1-2H3/t14-,22-,23-,26+/m1/s1. The van der Waals surface area contributed by atoms with Crippen LogP contribution in [-0.4, -0.2) is 43.8 Å². The number of aliphatic hydroxyl groups excluding tert-OH is 1. The Bertz CT molecular complexity index is 1220. The Kier molecular flexibility index (Phi) is 7.02. The molecule has 2 aromatic heterocycles. The molecule has 0 bridgehead atoms. The van der Waals surface area contributed by atoms with Crippen LogP contribution in [0.1, 0.15) is 54.4 Å². The predicted octanol–water partition coefficient (Wildman–Crippen LogP) is 4.34. The minimum absolute atomic E-state index is 0.116. The summed E-state index contributed by atoms with van der Waals surface area (Å²) in [4.78, 5) is 21.1. The number of ketones is 1. The average molecular weight is 486 g/mol. The van der Waals surface area contributed by atoms with Gasteiger partial charge in [-0.3, -0.25) is 9.78 Å². The van der Waals surface area contributed by atoms with Gasteiger partial charge in [-0.05, 0) is 54.8 Å². The fourth-order valence-electron chi connectivity index (χ4n) is 4.48. The number of pyridine rings is 2. The van der Waals surface area contributed by atoms with E-state index in [2.05, 4.69) is 9.97 Å². The second kappa shape index (κ2) is 9.85. The third-order valence-corrected chi connectivity index (χ3v) is 6.62. The Morgan fingerprint density at radius 1 is 1.14 bits per heavy atom. The average Bonchev–Trinajstić information content (AvgIpc) is 2.83. The van der Waals surface area contributed by atoms with E-state index in [1.165, 1.54) is 12.4 Å². The fourth-order valence-corrected chi connectivity index (χ4v) is 4.48. The van der Waals surface area contributed by atoms with Gasteiger partial charge in [0, 0.05) is 25.2 Å². The van der Waals surface area contributed by atoms with Crippen molar-refractivity contribution in [2.75, 3.05) is 0 Å². The van der Waals surface area contributed by atoms with Crippen molar-refractivity contribution in [3.8, 4) is 11.3 Å². The highest BCUT2D eigenvalue weighted by atomic mass is 19.1. The second-order valence-corrected chi connectivity index (χ2v) is 8.66. The van der Waals surface area contributed by atoms with Gasteiger partial charge in [-0.15, -0.1) is 0 Å². The Morgan fingerprint density at radius 2 is 1.86 bits per heavy atom. The number of nitrogens with zero attached hydrogens (tertiary/aromatic N) is 2. The van der Waals surface area contributed by atoms with E-state index in [1.54, 1.807) is 19.9 Å². The van der Waals surface area contributed by atoms with Gasteiger partial charge < -0.3 is 14.9 Å². The topological polar surface area (TPSA) is 92.5 Å². The molecule has 0 radical (unpaired) electrons. The number of aliphatic hydroxyl groups is 2. The van der Waals surface area contributed by atoms with Crippen molar-refractivity contribution in [1.82, 2.24) is 9.97 Å². The first-order valence-electron chi connectivity index (χ1n) is 11.3. The van der Waals surface area contributed by atoms with Gasteiger partial charge in [0.25, 0.3) is 0 Å². The lowest BCUT2D eigenvalue weighted by Crippen LogP contribution is -2.56. The van der Waals surface area contributed by atoms with Gasteiger partial charge in [-0.25, -0.2) is 18.2 Å². The molecular weight excluding hydrogens is 461 g/mol. The van der Waals surface area contributed by atoms with Crippen LogP contribution in [-0.2, 0) is 11.2 Å². The summed E-state index contributed by atoms with van der Waals surface area (Å²) in [5.41, 5.74) is -1.69. The molecule has 1 aliphatic heterocycles. The monoisotopic (exact) mass is 486 g/mol. The van der Waals surface area contributed by atoms with Crippen LogP contribution >= 0.6 is 0 Å². The first-order chi connectivity index (χ1) is 16.7. The third kappa shape index (κ3) is 4.71. The van der Waals surface area contributed by atoms with Gasteiger partial charge in [-0.2, -0.15) is 0 Å². The van der Waals surface area contributed by atoms with Crippen molar-refractivity contribution < 1.29 is 32.9 Å². The quantitative estimate of drug-likeness (QED) is 0.504. The summed E-state index contributed by atoms with van der Waals surface area (Å²) in [7, 11) is 0. The van der Waals surface area contributed by atoms with E-state index in [1.807, 2.05) is 0 Å². The highest BCUT2D eigenvalue weighted by molar-refractivity contribution is 5.96. The molecule has 0 amide bonds. The molecule has 0 aliphatic carbocycles. The molecule has 0 saturated carbocycles. The largest absolute Gasteiger partial charge is 0.390 e. The molecule has 4 rings (SSSR count). The zero-order valence-electron chi connectivity index (χ0n) is 19.2. The molecule has 0 unspecified atom stereocenters. The van der Waals surface area contributed by atoms with Crippen molar-refractivity contribution >= 4 is 5.78 Å². The number of Topliss-reactive ketones (excluding diaryl/α,β-unsaturated/α-hetero) is 1. The smallest absolute Gasteiger partial charge is 0.185 e. The Balaban J connectivity index is 1.62. The molecule has 3 aromatic rings. The van der Waals surface area contributed by atoms with Gasteiger partial charge in [0.1, 0.15) is 34.4 Å². The zero-order valence-corrected chi connectivity index (χ0v) is 19.2. The SMILES string of the molecule is CC[C@@]1(O)[C@H](O)C[C@H](c2ccncc2CC(=O)c2ccc(F)c(-c3c(F)cccc3F)n2)O[C@@H]1C. The molecule has 1 aromatic carbocycles. The maximum absolute atomic E-state index is 14.4. The Labute approximate surface area is 200 Å². The maximum atomic E-state index is 14.4. The van der Waals surface area contributed by atoms with Crippen LogP contribution in [0.2, 0.25) is 0 Å². The number of halogens is 3. The first kappa shape index (κ1) is 25.0. The van der Waals surface area contributed by atoms with Gasteiger partial charge >= 0.3 is 0 Å². The minimum atomic E-state index is -1.38. The van der Waals surface area contributed by atoms with Gasteiger partial charge in [0.15, 0.2) is 5.78 Å². The fraction of sp³-hybridized carbons (Fsp3) is 0.346. The molecule has 9 heteroatoms. The molecular formula is C26H25F3N2O4. The van der Waals surface area contributed by atoms with Crippen LogP contribution in [0, 0.1) is 17.5 Å². The van der Waals surface area contributed by atoms with Crippen molar-refractivity contribution in [2.45, 2.75) is 57.0 Å². The molecule has 6 nitrogen and oxygen atoms in total. The summed E-state index contributed by atoms with van der Waals surface area (Å²) in [6, 6.07) is 6.88. The van der Waals surface area contributed by atoms with E-state index >= 15 is 0 Å². The lowest BCUT2D eigenvalue weighted by molar-refractivity contribution is -0.224. The highest BCUT2D eigenvalue weighted by Gasteiger charge is 2.47. The van der Waals surface area contributed by atoms with Gasteiger partial charge in [0.2, 0.25) is 0 Å². The predicted molar refractivity (Wildman–Crippen MR) is 121 cm³/mol. The van der Waals surface area contributed by atoms with Crippen LogP contribution in [0.3, 0.4) is 0 Å². The number of benzene rings is 1. The van der Waals surface area contributed by atoms with E-state index in [0.717, 1.165) is 30.3 Å². The maximum Gasteiger partial charge on any atom is 0.185 e. The number of carbonyl (C=O) groups is 1. The number of aromatic nitrogens is 2. The van der Waals surface area contributed by atoms with Crippen molar-refractivity contribution in [2.24, 2.45) is 0 Å². The molecule has 35 heavy (non-hydrogen) atoms. The van der Waals surface area contributed by atoms with Crippen molar-refractivity contribution in [3.63, 3.8) is 0 Å². The normalized spacial score (nSPS) is 24.4. The van der Waals surface area contributed by atoms with E-state index in [0.29, 0.717) is 17.5 Å². The summed E-state index contributed by atoms with van der Waals surface area (Å²) in [6.07, 6.45) is 0.959. The molecule has 0 spiro atoms. The summed E-state index contributed by atoms with van der Waals surface area (Å²) >= 11 is 0. The van der Waals surface area contributed by atoms with Gasteiger partial charge in [0.05, 0.1) is 23.9 Å². The van der Waals surface area contributed by atoms with E-state index in [-0.39, 0.29) is 18.5 Å². The number of hydrogen-bond acceptors (Lipinski definition) is 6. The summed E-state index contributed by atoms with van der Waals surface area (Å²) in [6.45, 7) is 3.44.